The van der Waals surface area contributed by atoms with Crippen molar-refractivity contribution < 1.29 is 17.2 Å². The van der Waals surface area contributed by atoms with Crippen molar-refractivity contribution in [3.8, 4) is 17.2 Å². The fourth-order valence-corrected chi connectivity index (χ4v) is 3.76. The Labute approximate surface area is 154 Å². The van der Waals surface area contributed by atoms with Crippen LogP contribution < -0.4 is 0 Å². The maximum atomic E-state index is 13.9. The Morgan fingerprint density at radius 1 is 1.33 bits per heavy atom. The van der Waals surface area contributed by atoms with Gasteiger partial charge in [-0.25, -0.2) is 13.4 Å². The molecule has 1 aliphatic carbocycles. The largest absolute Gasteiger partial charge is 0.368 e. The smallest absolute Gasteiger partial charge is 0.276 e. The summed E-state index contributed by atoms with van der Waals surface area (Å²) in [6, 6.07) is 6.00. The van der Waals surface area contributed by atoms with E-state index in [4.69, 9.17) is 0 Å². The van der Waals surface area contributed by atoms with Crippen LogP contribution in [-0.2, 0) is 16.0 Å². The number of nitrogens with one attached hydrogen (secondary N) is 1. The first-order valence-corrected chi connectivity index (χ1v) is 9.43. The molecule has 0 saturated heterocycles. The van der Waals surface area contributed by atoms with E-state index in [1.807, 2.05) is 6.07 Å². The first-order chi connectivity index (χ1) is 12.8. The highest BCUT2D eigenvalue weighted by atomic mass is 32.2. The number of aryl methyl sites for hydroxylation is 1. The number of pyridine rings is 1. The number of nitriles is 1. The molecule has 3 aromatic rings. The SMILES string of the molecule is Cc1cc(-c2c(C#N)ncc3[nH]nc(C4CC4)c23)ccc1C(F)(F)[SH](=O)=O. The fraction of sp³-hybridized carbons (Fsp3) is 0.278. The summed E-state index contributed by atoms with van der Waals surface area (Å²) < 4.78 is 49.7. The monoisotopic (exact) mass is 388 g/mol. The number of fused-ring (bicyclic) bond motifs is 1. The fourth-order valence-electron chi connectivity index (χ4n) is 3.31. The van der Waals surface area contributed by atoms with E-state index in [-0.39, 0.29) is 11.3 Å². The molecule has 2 heterocycles. The number of aromatic nitrogens is 3. The summed E-state index contributed by atoms with van der Waals surface area (Å²) in [5.41, 5.74) is 2.26. The van der Waals surface area contributed by atoms with Gasteiger partial charge in [0.2, 0.25) is 10.7 Å². The number of aromatic amines is 1. The lowest BCUT2D eigenvalue weighted by Crippen LogP contribution is -2.16. The number of halogens is 2. The molecule has 1 N–H and O–H groups in total. The number of alkyl halides is 2. The van der Waals surface area contributed by atoms with Crippen LogP contribution >= 0.6 is 0 Å². The lowest BCUT2D eigenvalue weighted by atomic mass is 9.95. The van der Waals surface area contributed by atoms with Gasteiger partial charge in [-0.1, -0.05) is 18.2 Å². The highest BCUT2D eigenvalue weighted by Crippen LogP contribution is 2.45. The van der Waals surface area contributed by atoms with E-state index in [1.54, 1.807) is 0 Å². The zero-order valence-electron chi connectivity index (χ0n) is 14.2. The van der Waals surface area contributed by atoms with Crippen LogP contribution in [0.25, 0.3) is 22.0 Å². The Morgan fingerprint density at radius 3 is 2.67 bits per heavy atom. The molecule has 0 unspecified atom stereocenters. The van der Waals surface area contributed by atoms with Gasteiger partial charge in [0.1, 0.15) is 11.8 Å². The normalized spacial score (nSPS) is 14.6. The second kappa shape index (κ2) is 6.09. The summed E-state index contributed by atoms with van der Waals surface area (Å²) in [5.74, 6) is 0.306. The third kappa shape index (κ3) is 2.77. The molecule has 27 heavy (non-hydrogen) atoms. The third-order valence-electron chi connectivity index (χ3n) is 4.77. The average Bonchev–Trinajstić information content (AvgIpc) is 3.39. The predicted octanol–water partition coefficient (Wildman–Crippen LogP) is 3.34. The van der Waals surface area contributed by atoms with Crippen molar-refractivity contribution in [2.75, 3.05) is 0 Å². The van der Waals surface area contributed by atoms with Gasteiger partial charge in [0.25, 0.3) is 0 Å². The molecule has 1 aromatic carbocycles. The molecule has 6 nitrogen and oxygen atoms in total. The Balaban J connectivity index is 1.96. The first kappa shape index (κ1) is 17.5. The standard InChI is InChI=1S/C18H14F2N4O2S/c1-9-6-11(4-5-12(9)18(19,20)27(25)26)15-13(7-21)22-8-14-16(15)17(24-23-14)10-2-3-10/h4-6,8,10,27H,2-3H2,1H3,(H,23,24). The summed E-state index contributed by atoms with van der Waals surface area (Å²) in [6.45, 7) is 1.42. The second-order valence-electron chi connectivity index (χ2n) is 6.59. The Bertz CT molecular complexity index is 1180. The van der Waals surface area contributed by atoms with Gasteiger partial charge in [0.05, 0.1) is 17.4 Å². The van der Waals surface area contributed by atoms with Crippen molar-refractivity contribution in [1.29, 1.82) is 5.26 Å². The van der Waals surface area contributed by atoms with E-state index in [0.29, 0.717) is 22.6 Å². The highest BCUT2D eigenvalue weighted by molar-refractivity contribution is 7.73. The van der Waals surface area contributed by atoms with Gasteiger partial charge in [-0.2, -0.15) is 19.1 Å². The van der Waals surface area contributed by atoms with Crippen molar-refractivity contribution >= 4 is 21.6 Å². The molecular weight excluding hydrogens is 374 g/mol. The molecule has 1 aliphatic rings. The van der Waals surface area contributed by atoms with Gasteiger partial charge < -0.3 is 0 Å². The Kier molecular flexibility index (Phi) is 3.96. The second-order valence-corrected chi connectivity index (χ2v) is 7.67. The molecule has 138 valence electrons. The summed E-state index contributed by atoms with van der Waals surface area (Å²) in [5, 5.41) is 13.6. The Morgan fingerprint density at radius 2 is 2.07 bits per heavy atom. The van der Waals surface area contributed by atoms with Gasteiger partial charge in [0, 0.05) is 22.4 Å². The van der Waals surface area contributed by atoms with Crippen LogP contribution in [0.15, 0.2) is 24.4 Å². The van der Waals surface area contributed by atoms with Crippen LogP contribution in [0.3, 0.4) is 0 Å². The van der Waals surface area contributed by atoms with Gasteiger partial charge in [0.15, 0.2) is 0 Å². The number of rotatable bonds is 4. The van der Waals surface area contributed by atoms with Crippen LogP contribution in [0.5, 0.6) is 0 Å². The minimum atomic E-state index is -3.95. The molecule has 0 amide bonds. The summed E-state index contributed by atoms with van der Waals surface area (Å²) in [6.07, 6.45) is 3.54. The summed E-state index contributed by atoms with van der Waals surface area (Å²) in [4.78, 5) is 4.15. The summed E-state index contributed by atoms with van der Waals surface area (Å²) in [7, 11) is -3.95. The molecule has 0 radical (unpaired) electrons. The van der Waals surface area contributed by atoms with Gasteiger partial charge in [-0.05, 0) is 30.9 Å². The van der Waals surface area contributed by atoms with Crippen LogP contribution in [0.1, 0.15) is 41.3 Å². The molecule has 2 aromatic heterocycles. The number of H-pyrrole nitrogens is 1. The molecule has 0 atom stereocenters. The van der Waals surface area contributed by atoms with E-state index in [0.717, 1.165) is 30.0 Å². The number of benzene rings is 1. The van der Waals surface area contributed by atoms with Crippen LogP contribution in [0, 0.1) is 18.3 Å². The molecule has 1 saturated carbocycles. The maximum Gasteiger partial charge on any atom is 0.368 e. The van der Waals surface area contributed by atoms with Crippen molar-refractivity contribution in [2.45, 2.75) is 30.9 Å². The molecule has 0 bridgehead atoms. The van der Waals surface area contributed by atoms with E-state index in [1.165, 1.54) is 25.3 Å². The lowest BCUT2D eigenvalue weighted by molar-refractivity contribution is 0.0946. The van der Waals surface area contributed by atoms with Crippen LogP contribution in [-0.4, -0.2) is 23.6 Å². The van der Waals surface area contributed by atoms with Crippen molar-refractivity contribution in [1.82, 2.24) is 15.2 Å². The minimum absolute atomic E-state index is 0.119. The Hall–Kier alpha value is -2.86. The number of thiol groups is 1. The van der Waals surface area contributed by atoms with Crippen molar-refractivity contribution in [2.24, 2.45) is 0 Å². The van der Waals surface area contributed by atoms with Crippen LogP contribution in [0.2, 0.25) is 0 Å². The highest BCUT2D eigenvalue weighted by Gasteiger charge is 2.37. The quantitative estimate of drug-likeness (QED) is 0.668. The average molecular weight is 388 g/mol. The van der Waals surface area contributed by atoms with E-state index < -0.39 is 21.5 Å². The molecule has 0 aliphatic heterocycles. The van der Waals surface area contributed by atoms with Crippen molar-refractivity contribution in [3.63, 3.8) is 0 Å². The predicted molar refractivity (Wildman–Crippen MR) is 95.0 cm³/mol. The minimum Gasteiger partial charge on any atom is -0.276 e. The van der Waals surface area contributed by atoms with Crippen molar-refractivity contribution in [3.05, 3.63) is 46.9 Å². The first-order valence-electron chi connectivity index (χ1n) is 8.25. The zero-order valence-corrected chi connectivity index (χ0v) is 15.1. The topological polar surface area (TPSA) is 99.5 Å². The van der Waals surface area contributed by atoms with Gasteiger partial charge in [-0.3, -0.25) is 5.10 Å². The lowest BCUT2D eigenvalue weighted by Gasteiger charge is -2.15. The van der Waals surface area contributed by atoms with Crippen LogP contribution in [0.4, 0.5) is 8.78 Å². The number of hydrogen-bond acceptors (Lipinski definition) is 5. The van der Waals surface area contributed by atoms with E-state index >= 15 is 0 Å². The summed E-state index contributed by atoms with van der Waals surface area (Å²) >= 11 is 0. The number of hydrogen-bond donors (Lipinski definition) is 2. The molecule has 1 fully saturated rings. The van der Waals surface area contributed by atoms with Gasteiger partial charge >= 0.3 is 5.25 Å². The number of nitrogens with zero attached hydrogens (tertiary/aromatic N) is 3. The van der Waals surface area contributed by atoms with Gasteiger partial charge in [-0.15, -0.1) is 0 Å². The maximum absolute atomic E-state index is 13.9. The molecule has 4 rings (SSSR count). The molecule has 9 heteroatoms. The molecular formula is C18H14F2N4O2S. The van der Waals surface area contributed by atoms with E-state index in [9.17, 15) is 22.5 Å². The molecule has 0 spiro atoms. The van der Waals surface area contributed by atoms with E-state index in [2.05, 4.69) is 15.2 Å². The third-order valence-corrected chi connectivity index (χ3v) is 5.47. The zero-order chi connectivity index (χ0) is 19.3.